The van der Waals surface area contributed by atoms with Crippen LogP contribution in [0, 0.1) is 0 Å². The van der Waals surface area contributed by atoms with Gasteiger partial charge in [-0.1, -0.05) is 11.8 Å². The third kappa shape index (κ3) is 1.35. The molecule has 0 aromatic rings. The summed E-state index contributed by atoms with van der Waals surface area (Å²) in [4.78, 5) is 20.7. The van der Waals surface area contributed by atoms with Crippen LogP contribution in [0.3, 0.4) is 0 Å². The van der Waals surface area contributed by atoms with E-state index >= 15 is 0 Å². The zero-order valence-electron chi connectivity index (χ0n) is 4.59. The number of carbonyl (C=O) groups excluding carboxylic acids is 2. The maximum Gasteiger partial charge on any atom is 0.279 e. The Hall–Kier alpha value is -0.710. The van der Waals surface area contributed by atoms with E-state index in [1.54, 1.807) is 0 Å². The molecule has 0 spiro atoms. The fourth-order valence-electron chi connectivity index (χ4n) is 0.538. The first kappa shape index (κ1) is 6.41. The van der Waals surface area contributed by atoms with Crippen molar-refractivity contribution < 1.29 is 9.59 Å². The molecule has 1 unspecified atom stereocenters. The van der Waals surface area contributed by atoms with Gasteiger partial charge in [0.05, 0.1) is 0 Å². The van der Waals surface area contributed by atoms with E-state index < -0.39 is 11.9 Å². The van der Waals surface area contributed by atoms with Gasteiger partial charge in [-0.05, 0) is 0 Å². The van der Waals surface area contributed by atoms with Crippen molar-refractivity contribution in [3.05, 3.63) is 0 Å². The van der Waals surface area contributed by atoms with Gasteiger partial charge in [-0.15, -0.1) is 0 Å². The standard InChI is InChI=1S/C4H6N2O2S/c5-3(7)2-1-9-4(8)6-2/h2H,1H2,(H2,5,7)(H,6,8). The van der Waals surface area contributed by atoms with Crippen LogP contribution in [0.25, 0.3) is 0 Å². The minimum Gasteiger partial charge on any atom is -0.368 e. The Morgan fingerprint density at radius 2 is 2.56 bits per heavy atom. The number of thioether (sulfide) groups is 1. The molecule has 4 nitrogen and oxygen atoms in total. The highest BCUT2D eigenvalue weighted by molar-refractivity contribution is 8.14. The molecule has 1 atom stereocenters. The van der Waals surface area contributed by atoms with E-state index in [9.17, 15) is 9.59 Å². The SMILES string of the molecule is NC(=O)C1CSC(=O)N1. The molecule has 1 aliphatic heterocycles. The van der Waals surface area contributed by atoms with E-state index in [1.165, 1.54) is 0 Å². The Balaban J connectivity index is 2.48. The molecule has 1 aliphatic rings. The van der Waals surface area contributed by atoms with E-state index in [-0.39, 0.29) is 5.24 Å². The molecule has 0 saturated carbocycles. The van der Waals surface area contributed by atoms with Crippen molar-refractivity contribution in [1.82, 2.24) is 5.32 Å². The van der Waals surface area contributed by atoms with Crippen LogP contribution < -0.4 is 11.1 Å². The fourth-order valence-corrected chi connectivity index (χ4v) is 1.33. The van der Waals surface area contributed by atoms with E-state index in [2.05, 4.69) is 5.32 Å². The molecule has 0 radical (unpaired) electrons. The molecule has 0 aromatic carbocycles. The van der Waals surface area contributed by atoms with Gasteiger partial charge in [0.25, 0.3) is 5.24 Å². The zero-order chi connectivity index (χ0) is 6.85. The lowest BCUT2D eigenvalue weighted by molar-refractivity contribution is -0.119. The highest BCUT2D eigenvalue weighted by Gasteiger charge is 2.25. The van der Waals surface area contributed by atoms with E-state index in [0.29, 0.717) is 5.75 Å². The van der Waals surface area contributed by atoms with Gasteiger partial charge in [-0.2, -0.15) is 0 Å². The second-order valence-electron chi connectivity index (χ2n) is 1.70. The summed E-state index contributed by atoms with van der Waals surface area (Å²) < 4.78 is 0. The molecule has 3 N–H and O–H groups in total. The van der Waals surface area contributed by atoms with Gasteiger partial charge in [-0.25, -0.2) is 0 Å². The summed E-state index contributed by atoms with van der Waals surface area (Å²) in [6.45, 7) is 0. The second kappa shape index (κ2) is 2.26. The molecule has 1 saturated heterocycles. The summed E-state index contributed by atoms with van der Waals surface area (Å²) in [5.41, 5.74) is 4.89. The van der Waals surface area contributed by atoms with Gasteiger partial charge >= 0.3 is 0 Å². The van der Waals surface area contributed by atoms with Crippen molar-refractivity contribution in [3.8, 4) is 0 Å². The van der Waals surface area contributed by atoms with Crippen LogP contribution in [0.15, 0.2) is 0 Å². The van der Waals surface area contributed by atoms with Crippen LogP contribution in [0.4, 0.5) is 4.79 Å². The molecule has 1 fully saturated rings. The van der Waals surface area contributed by atoms with Gasteiger partial charge in [0, 0.05) is 5.75 Å². The van der Waals surface area contributed by atoms with Gasteiger partial charge in [0.15, 0.2) is 0 Å². The molecule has 2 amide bonds. The maximum atomic E-state index is 10.4. The topological polar surface area (TPSA) is 72.2 Å². The lowest BCUT2D eigenvalue weighted by Crippen LogP contribution is -2.39. The number of rotatable bonds is 1. The summed E-state index contributed by atoms with van der Waals surface area (Å²) in [6, 6.07) is -0.456. The molecule has 0 bridgehead atoms. The predicted molar refractivity (Wildman–Crippen MR) is 34.0 cm³/mol. The molecule has 1 heterocycles. The predicted octanol–water partition coefficient (Wildman–Crippen LogP) is -0.703. The Kier molecular flexibility index (Phi) is 1.61. The van der Waals surface area contributed by atoms with E-state index in [1.807, 2.05) is 0 Å². The highest BCUT2D eigenvalue weighted by atomic mass is 32.2. The van der Waals surface area contributed by atoms with Crippen molar-refractivity contribution in [1.29, 1.82) is 0 Å². The van der Waals surface area contributed by atoms with Crippen molar-refractivity contribution in [3.63, 3.8) is 0 Å². The van der Waals surface area contributed by atoms with Gasteiger partial charge in [0.1, 0.15) is 6.04 Å². The first-order valence-corrected chi connectivity index (χ1v) is 3.41. The first-order valence-electron chi connectivity index (χ1n) is 2.43. The maximum absolute atomic E-state index is 10.4. The first-order chi connectivity index (χ1) is 4.20. The quantitative estimate of drug-likeness (QED) is 0.513. The van der Waals surface area contributed by atoms with Crippen LogP contribution in [0.1, 0.15) is 0 Å². The smallest absolute Gasteiger partial charge is 0.279 e. The monoisotopic (exact) mass is 146 g/mol. The molecule has 50 valence electrons. The third-order valence-corrected chi connectivity index (χ3v) is 1.90. The van der Waals surface area contributed by atoms with Gasteiger partial charge < -0.3 is 11.1 Å². The summed E-state index contributed by atoms with van der Waals surface area (Å²) in [6.07, 6.45) is 0. The average molecular weight is 146 g/mol. The van der Waals surface area contributed by atoms with Crippen LogP contribution >= 0.6 is 11.8 Å². The minimum absolute atomic E-state index is 0.168. The summed E-state index contributed by atoms with van der Waals surface area (Å²) in [5.74, 6) is 0.00194. The van der Waals surface area contributed by atoms with Crippen molar-refractivity contribution in [2.45, 2.75) is 6.04 Å². The van der Waals surface area contributed by atoms with Crippen LogP contribution in [0.2, 0.25) is 0 Å². The van der Waals surface area contributed by atoms with Gasteiger partial charge in [0.2, 0.25) is 5.91 Å². The molecular formula is C4H6N2O2S. The number of carbonyl (C=O) groups is 2. The summed E-state index contributed by atoms with van der Waals surface area (Å²) >= 11 is 1.08. The van der Waals surface area contributed by atoms with Crippen LogP contribution in [0.5, 0.6) is 0 Å². The molecule has 0 aliphatic carbocycles. The molecular weight excluding hydrogens is 140 g/mol. The Morgan fingerprint density at radius 1 is 1.89 bits per heavy atom. The Bertz CT molecular complexity index is 159. The van der Waals surface area contributed by atoms with Gasteiger partial charge in [-0.3, -0.25) is 9.59 Å². The lowest BCUT2D eigenvalue weighted by Gasteiger charge is -1.99. The number of nitrogens with one attached hydrogen (secondary N) is 1. The molecule has 9 heavy (non-hydrogen) atoms. The summed E-state index contributed by atoms with van der Waals surface area (Å²) in [7, 11) is 0. The van der Waals surface area contributed by atoms with Crippen molar-refractivity contribution >= 4 is 22.9 Å². The van der Waals surface area contributed by atoms with Crippen molar-refractivity contribution in [2.75, 3.05) is 5.75 Å². The Labute approximate surface area is 56.2 Å². The second-order valence-corrected chi connectivity index (χ2v) is 2.69. The Morgan fingerprint density at radius 3 is 2.78 bits per heavy atom. The lowest BCUT2D eigenvalue weighted by atomic mass is 10.3. The third-order valence-electron chi connectivity index (χ3n) is 1.02. The highest BCUT2D eigenvalue weighted by Crippen LogP contribution is 2.11. The average Bonchev–Trinajstić information content (AvgIpc) is 2.14. The summed E-state index contributed by atoms with van der Waals surface area (Å²) in [5, 5.41) is 2.24. The zero-order valence-corrected chi connectivity index (χ0v) is 5.40. The van der Waals surface area contributed by atoms with Crippen LogP contribution in [-0.2, 0) is 4.79 Å². The number of nitrogens with two attached hydrogens (primary N) is 1. The van der Waals surface area contributed by atoms with Crippen molar-refractivity contribution in [2.24, 2.45) is 5.73 Å². The minimum atomic E-state index is -0.464. The molecule has 1 rings (SSSR count). The van der Waals surface area contributed by atoms with E-state index in [4.69, 9.17) is 5.73 Å². The number of hydrogen-bond donors (Lipinski definition) is 2. The fraction of sp³-hybridized carbons (Fsp3) is 0.500. The molecule has 5 heteroatoms. The van der Waals surface area contributed by atoms with Crippen LogP contribution in [-0.4, -0.2) is 22.9 Å². The molecule has 0 aromatic heterocycles. The normalized spacial score (nSPS) is 25.8. The number of primary amides is 1. The number of amides is 2. The largest absolute Gasteiger partial charge is 0.368 e. The van der Waals surface area contributed by atoms with E-state index in [0.717, 1.165) is 11.8 Å². The number of hydrogen-bond acceptors (Lipinski definition) is 3.